The van der Waals surface area contributed by atoms with Gasteiger partial charge < -0.3 is 10.1 Å². The molecule has 1 N–H and O–H groups in total. The van der Waals surface area contributed by atoms with Gasteiger partial charge in [0.15, 0.2) is 0 Å². The smallest absolute Gasteiger partial charge is 0.406 e. The minimum atomic E-state index is -4.71. The Morgan fingerprint density at radius 3 is 2.73 bits per heavy atom. The minimum absolute atomic E-state index is 0.196. The number of benzene rings is 1. The monoisotopic (exact) mass is 217 g/mol. The van der Waals surface area contributed by atoms with E-state index in [-0.39, 0.29) is 18.1 Å². The first-order valence-electron chi connectivity index (χ1n) is 4.12. The molecule has 1 aromatic carbocycles. The number of nitrogens with one attached hydrogen (secondary N) is 1. The Hall–Kier alpha value is -1.72. The molecular weight excluding hydrogens is 211 g/mol. The lowest BCUT2D eigenvalue weighted by molar-refractivity contribution is -0.274. The van der Waals surface area contributed by atoms with Crippen LogP contribution in [0.25, 0.3) is 0 Å². The van der Waals surface area contributed by atoms with Crippen LogP contribution in [0.5, 0.6) is 5.75 Å². The molecular formula is C9H6F3NO2. The van der Waals surface area contributed by atoms with Gasteiger partial charge >= 0.3 is 6.36 Å². The van der Waals surface area contributed by atoms with Crippen molar-refractivity contribution >= 4 is 11.6 Å². The van der Waals surface area contributed by atoms with Crippen LogP contribution in [0, 0.1) is 0 Å². The van der Waals surface area contributed by atoms with Gasteiger partial charge in [-0.3, -0.25) is 4.79 Å². The molecule has 1 heterocycles. The standard InChI is InChI=1S/C9H6F3NO2/c10-9(11,12)15-6-2-1-5-3-8(14)13-7(5)4-6/h1-2,4H,3H2,(H,13,14). The van der Waals surface area contributed by atoms with Crippen LogP contribution < -0.4 is 10.1 Å². The number of ether oxygens (including phenoxy) is 1. The molecule has 15 heavy (non-hydrogen) atoms. The molecule has 1 aromatic rings. The molecule has 1 amide bonds. The summed E-state index contributed by atoms with van der Waals surface area (Å²) in [6.07, 6.45) is -4.52. The van der Waals surface area contributed by atoms with Crippen molar-refractivity contribution in [3.8, 4) is 5.75 Å². The van der Waals surface area contributed by atoms with Crippen LogP contribution in [0.3, 0.4) is 0 Å². The Labute approximate surface area is 82.8 Å². The van der Waals surface area contributed by atoms with Gasteiger partial charge in [0.05, 0.1) is 6.42 Å². The molecule has 0 bridgehead atoms. The molecule has 80 valence electrons. The summed E-state index contributed by atoms with van der Waals surface area (Å²) in [4.78, 5) is 10.9. The number of rotatable bonds is 1. The highest BCUT2D eigenvalue weighted by Crippen LogP contribution is 2.30. The molecule has 0 unspecified atom stereocenters. The first-order valence-corrected chi connectivity index (χ1v) is 4.12. The van der Waals surface area contributed by atoms with Crippen LogP contribution in [0.15, 0.2) is 18.2 Å². The van der Waals surface area contributed by atoms with Gasteiger partial charge in [-0.25, -0.2) is 0 Å². The van der Waals surface area contributed by atoms with Gasteiger partial charge in [-0.1, -0.05) is 6.07 Å². The molecule has 2 rings (SSSR count). The van der Waals surface area contributed by atoms with Gasteiger partial charge in [-0.15, -0.1) is 13.2 Å². The number of hydrogen-bond acceptors (Lipinski definition) is 2. The van der Waals surface area contributed by atoms with E-state index in [4.69, 9.17) is 0 Å². The Morgan fingerprint density at radius 2 is 2.07 bits per heavy atom. The Balaban J connectivity index is 2.24. The topological polar surface area (TPSA) is 38.3 Å². The quantitative estimate of drug-likeness (QED) is 0.782. The lowest BCUT2D eigenvalue weighted by Gasteiger charge is -2.09. The third kappa shape index (κ3) is 2.20. The molecule has 3 nitrogen and oxygen atoms in total. The Kier molecular flexibility index (Phi) is 2.06. The third-order valence-corrected chi connectivity index (χ3v) is 1.94. The molecule has 0 saturated carbocycles. The number of anilines is 1. The highest BCUT2D eigenvalue weighted by atomic mass is 19.4. The summed E-state index contributed by atoms with van der Waals surface area (Å²) in [5.74, 6) is -0.558. The van der Waals surface area contributed by atoms with Gasteiger partial charge in [0.25, 0.3) is 0 Å². The lowest BCUT2D eigenvalue weighted by atomic mass is 10.1. The van der Waals surface area contributed by atoms with E-state index in [1.54, 1.807) is 0 Å². The SMILES string of the molecule is O=C1Cc2ccc(OC(F)(F)F)cc2N1. The van der Waals surface area contributed by atoms with E-state index >= 15 is 0 Å². The number of amides is 1. The Morgan fingerprint density at radius 1 is 1.33 bits per heavy atom. The van der Waals surface area contributed by atoms with Crippen molar-refractivity contribution in [2.24, 2.45) is 0 Å². The second-order valence-corrected chi connectivity index (χ2v) is 3.09. The molecule has 6 heteroatoms. The molecule has 0 spiro atoms. The Bertz CT molecular complexity index is 414. The largest absolute Gasteiger partial charge is 0.573 e. The molecule has 0 aromatic heterocycles. The van der Waals surface area contributed by atoms with Gasteiger partial charge in [0.1, 0.15) is 5.75 Å². The number of carbonyl (C=O) groups is 1. The van der Waals surface area contributed by atoms with Gasteiger partial charge in [0.2, 0.25) is 5.91 Å². The van der Waals surface area contributed by atoms with Crippen LogP contribution in [-0.2, 0) is 11.2 Å². The van der Waals surface area contributed by atoms with Crippen LogP contribution in [0.4, 0.5) is 18.9 Å². The van der Waals surface area contributed by atoms with E-state index in [1.807, 2.05) is 0 Å². The molecule has 0 radical (unpaired) electrons. The van der Waals surface area contributed by atoms with Crippen LogP contribution in [0.2, 0.25) is 0 Å². The summed E-state index contributed by atoms with van der Waals surface area (Å²) in [6.45, 7) is 0. The van der Waals surface area contributed by atoms with Crippen molar-refractivity contribution in [3.63, 3.8) is 0 Å². The second-order valence-electron chi connectivity index (χ2n) is 3.09. The second kappa shape index (κ2) is 3.15. The van der Waals surface area contributed by atoms with Gasteiger partial charge in [-0.05, 0) is 11.6 Å². The van der Waals surface area contributed by atoms with Crippen molar-refractivity contribution in [1.82, 2.24) is 0 Å². The molecule has 1 aliphatic heterocycles. The highest BCUT2D eigenvalue weighted by Gasteiger charge is 2.31. The van der Waals surface area contributed by atoms with Crippen molar-refractivity contribution < 1.29 is 22.7 Å². The summed E-state index contributed by atoms with van der Waals surface area (Å²) < 4.78 is 39.3. The van der Waals surface area contributed by atoms with Crippen molar-refractivity contribution in [2.75, 3.05) is 5.32 Å². The summed E-state index contributed by atoms with van der Waals surface area (Å²) >= 11 is 0. The predicted molar refractivity (Wildman–Crippen MR) is 45.5 cm³/mol. The fraction of sp³-hybridized carbons (Fsp3) is 0.222. The van der Waals surface area contributed by atoms with E-state index < -0.39 is 6.36 Å². The number of carbonyl (C=O) groups excluding carboxylic acids is 1. The molecule has 0 atom stereocenters. The van der Waals surface area contributed by atoms with E-state index in [0.29, 0.717) is 11.3 Å². The van der Waals surface area contributed by atoms with Crippen LogP contribution >= 0.6 is 0 Å². The van der Waals surface area contributed by atoms with Gasteiger partial charge in [-0.2, -0.15) is 0 Å². The fourth-order valence-corrected chi connectivity index (χ4v) is 1.39. The maximum absolute atomic E-state index is 11.9. The van der Waals surface area contributed by atoms with E-state index in [0.717, 1.165) is 6.07 Å². The normalized spacial score (nSPS) is 14.7. The summed E-state index contributed by atoms with van der Waals surface area (Å²) in [5.41, 5.74) is 1.05. The molecule has 0 aliphatic carbocycles. The van der Waals surface area contributed by atoms with Crippen molar-refractivity contribution in [3.05, 3.63) is 23.8 Å². The predicted octanol–water partition coefficient (Wildman–Crippen LogP) is 2.08. The first kappa shape index (κ1) is 9.82. The van der Waals surface area contributed by atoms with E-state index in [9.17, 15) is 18.0 Å². The van der Waals surface area contributed by atoms with Crippen molar-refractivity contribution in [1.29, 1.82) is 0 Å². The number of hydrogen-bond donors (Lipinski definition) is 1. The summed E-state index contributed by atoms with van der Waals surface area (Å²) in [5, 5.41) is 2.44. The summed E-state index contributed by atoms with van der Waals surface area (Å²) in [7, 11) is 0. The highest BCUT2D eigenvalue weighted by molar-refractivity contribution is 5.99. The zero-order valence-electron chi connectivity index (χ0n) is 7.39. The van der Waals surface area contributed by atoms with E-state index in [1.165, 1.54) is 12.1 Å². The summed E-state index contributed by atoms with van der Waals surface area (Å²) in [6, 6.07) is 3.79. The molecule has 0 fully saturated rings. The zero-order valence-corrected chi connectivity index (χ0v) is 7.39. The average molecular weight is 217 g/mol. The number of alkyl halides is 3. The minimum Gasteiger partial charge on any atom is -0.406 e. The molecule has 1 aliphatic rings. The maximum Gasteiger partial charge on any atom is 0.573 e. The van der Waals surface area contributed by atoms with Gasteiger partial charge in [0, 0.05) is 11.8 Å². The first-order chi connectivity index (χ1) is 6.94. The average Bonchev–Trinajstić information content (AvgIpc) is 2.40. The number of fused-ring (bicyclic) bond motifs is 1. The zero-order chi connectivity index (χ0) is 11.1. The van der Waals surface area contributed by atoms with E-state index in [2.05, 4.69) is 10.1 Å². The fourth-order valence-electron chi connectivity index (χ4n) is 1.39. The molecule has 0 saturated heterocycles. The maximum atomic E-state index is 11.9. The lowest BCUT2D eigenvalue weighted by Crippen LogP contribution is -2.17. The number of halogens is 3. The van der Waals surface area contributed by atoms with Crippen LogP contribution in [-0.4, -0.2) is 12.3 Å². The van der Waals surface area contributed by atoms with Crippen molar-refractivity contribution in [2.45, 2.75) is 12.8 Å². The third-order valence-electron chi connectivity index (χ3n) is 1.94. The van der Waals surface area contributed by atoms with Crippen LogP contribution in [0.1, 0.15) is 5.56 Å².